The van der Waals surface area contributed by atoms with Gasteiger partial charge in [-0.05, 0) is 42.5 Å². The minimum absolute atomic E-state index is 0.717. The molecule has 0 radical (unpaired) electrons. The smallest absolute Gasteiger partial charge is 0.0772 e. The van der Waals surface area contributed by atoms with Gasteiger partial charge in [0, 0.05) is 17.2 Å². The molecule has 0 aliphatic carbocycles. The zero-order valence-corrected chi connectivity index (χ0v) is 13.5. The Morgan fingerprint density at radius 3 is 2.76 bits per heavy atom. The molecule has 1 aromatic heterocycles. The average molecular weight is 317 g/mol. The van der Waals surface area contributed by atoms with E-state index in [9.17, 15) is 0 Å². The van der Waals surface area contributed by atoms with Gasteiger partial charge in [-0.25, -0.2) is 0 Å². The molecular formula is C18H17ClOS. The lowest BCUT2D eigenvalue weighted by Crippen LogP contribution is -1.92. The van der Waals surface area contributed by atoms with Crippen LogP contribution in [0.5, 0.6) is 0 Å². The lowest BCUT2D eigenvalue weighted by atomic mass is 10.1. The number of thiophene rings is 1. The third-order valence-corrected chi connectivity index (χ3v) is 3.85. The van der Waals surface area contributed by atoms with E-state index in [1.165, 1.54) is 0 Å². The fourth-order valence-electron chi connectivity index (χ4n) is 1.78. The van der Waals surface area contributed by atoms with Gasteiger partial charge in [-0.1, -0.05) is 47.7 Å². The summed E-state index contributed by atoms with van der Waals surface area (Å²) in [5, 5.41) is 2.77. The fraction of sp³-hybridized carbons (Fsp3) is 0.222. The number of halogens is 1. The Morgan fingerprint density at radius 1 is 1.29 bits per heavy atom. The molecule has 1 nitrogen and oxygen atoms in total. The van der Waals surface area contributed by atoms with Gasteiger partial charge in [0.15, 0.2) is 0 Å². The first-order valence-electron chi connectivity index (χ1n) is 6.89. The van der Waals surface area contributed by atoms with Crippen LogP contribution < -0.4 is 0 Å². The van der Waals surface area contributed by atoms with Crippen LogP contribution in [0.4, 0.5) is 0 Å². The van der Waals surface area contributed by atoms with E-state index >= 15 is 0 Å². The summed E-state index contributed by atoms with van der Waals surface area (Å²) >= 11 is 7.59. The van der Waals surface area contributed by atoms with E-state index in [1.54, 1.807) is 11.3 Å². The number of hydrogen-bond donors (Lipinski definition) is 0. The van der Waals surface area contributed by atoms with Crippen molar-refractivity contribution < 1.29 is 4.74 Å². The Labute approximate surface area is 135 Å². The molecule has 0 aliphatic heterocycles. The van der Waals surface area contributed by atoms with Crippen LogP contribution in [-0.4, -0.2) is 13.2 Å². The van der Waals surface area contributed by atoms with Crippen molar-refractivity contribution in [2.45, 2.75) is 13.3 Å². The maximum atomic E-state index is 5.95. The summed E-state index contributed by atoms with van der Waals surface area (Å²) in [5.41, 5.74) is 2.10. The van der Waals surface area contributed by atoms with E-state index in [1.807, 2.05) is 48.7 Å². The van der Waals surface area contributed by atoms with Gasteiger partial charge < -0.3 is 4.74 Å². The monoisotopic (exact) mass is 316 g/mol. The van der Waals surface area contributed by atoms with Crippen LogP contribution >= 0.6 is 22.9 Å². The highest BCUT2D eigenvalue weighted by Crippen LogP contribution is 2.18. The third-order valence-electron chi connectivity index (χ3n) is 2.81. The van der Waals surface area contributed by atoms with E-state index in [4.69, 9.17) is 16.3 Å². The molecule has 0 bridgehead atoms. The maximum Gasteiger partial charge on any atom is 0.0772 e. The van der Waals surface area contributed by atoms with Gasteiger partial charge in [-0.2, -0.15) is 0 Å². The summed E-state index contributed by atoms with van der Waals surface area (Å²) in [6, 6.07) is 11.8. The molecule has 0 fully saturated rings. The lowest BCUT2D eigenvalue weighted by Gasteiger charge is -2.02. The number of benzene rings is 1. The van der Waals surface area contributed by atoms with Crippen molar-refractivity contribution in [2.75, 3.05) is 13.2 Å². The van der Waals surface area contributed by atoms with Gasteiger partial charge in [-0.15, -0.1) is 11.3 Å². The van der Waals surface area contributed by atoms with Crippen molar-refractivity contribution in [3.05, 3.63) is 63.3 Å². The molecule has 0 N–H and O–H groups in total. The van der Waals surface area contributed by atoms with Gasteiger partial charge in [0.2, 0.25) is 0 Å². The minimum atomic E-state index is 0.717. The van der Waals surface area contributed by atoms with Gasteiger partial charge in [0.05, 0.1) is 11.5 Å². The van der Waals surface area contributed by atoms with Crippen LogP contribution in [0.15, 0.2) is 47.9 Å². The van der Waals surface area contributed by atoms with Crippen molar-refractivity contribution >= 4 is 28.5 Å². The standard InChI is InChI=1S/C18H17ClOS/c1-2-20-13-3-5-15(9-12-18-6-4-14-21-18)16-7-10-17(19)11-8-16/h4-8,10-11,14H,2-3,13H2,1H3/b15-5+. The summed E-state index contributed by atoms with van der Waals surface area (Å²) < 4.78 is 5.38. The highest BCUT2D eigenvalue weighted by Gasteiger charge is 1.99. The Morgan fingerprint density at radius 2 is 2.10 bits per heavy atom. The molecule has 0 spiro atoms. The number of ether oxygens (including phenoxy) is 1. The van der Waals surface area contributed by atoms with Crippen molar-refractivity contribution in [2.24, 2.45) is 0 Å². The maximum absolute atomic E-state index is 5.95. The van der Waals surface area contributed by atoms with Crippen LogP contribution in [-0.2, 0) is 4.74 Å². The Kier molecular flexibility index (Phi) is 6.56. The summed E-state index contributed by atoms with van der Waals surface area (Å²) in [7, 11) is 0. The predicted octanol–water partition coefficient (Wildman–Crippen LogP) is 5.26. The van der Waals surface area contributed by atoms with Crippen LogP contribution in [0.3, 0.4) is 0 Å². The van der Waals surface area contributed by atoms with Crippen LogP contribution in [0.1, 0.15) is 23.8 Å². The molecule has 2 rings (SSSR count). The first kappa shape index (κ1) is 15.9. The highest BCUT2D eigenvalue weighted by molar-refractivity contribution is 7.10. The number of hydrogen-bond acceptors (Lipinski definition) is 2. The topological polar surface area (TPSA) is 9.23 Å². The molecule has 0 saturated carbocycles. The SMILES string of the molecule is CCOCC/C=C(\C#Cc1cccs1)c1ccc(Cl)cc1. The molecule has 0 unspecified atom stereocenters. The molecular weight excluding hydrogens is 300 g/mol. The molecule has 0 atom stereocenters. The zero-order chi connectivity index (χ0) is 14.9. The van der Waals surface area contributed by atoms with Crippen molar-refractivity contribution in [1.82, 2.24) is 0 Å². The number of allylic oxidation sites excluding steroid dienone is 1. The van der Waals surface area contributed by atoms with Gasteiger partial charge in [0.25, 0.3) is 0 Å². The quantitative estimate of drug-likeness (QED) is 0.540. The summed E-state index contributed by atoms with van der Waals surface area (Å²) in [6.07, 6.45) is 2.98. The molecule has 1 aromatic carbocycles. The molecule has 21 heavy (non-hydrogen) atoms. The second kappa shape index (κ2) is 8.69. The molecule has 0 saturated heterocycles. The number of rotatable bonds is 5. The van der Waals surface area contributed by atoms with Crippen LogP contribution in [0.2, 0.25) is 5.02 Å². The Hall–Kier alpha value is -1.53. The average Bonchev–Trinajstić information content (AvgIpc) is 3.01. The predicted molar refractivity (Wildman–Crippen MR) is 91.7 cm³/mol. The van der Waals surface area contributed by atoms with E-state index < -0.39 is 0 Å². The molecule has 108 valence electrons. The van der Waals surface area contributed by atoms with Crippen LogP contribution in [0, 0.1) is 11.8 Å². The normalized spacial score (nSPS) is 11.0. The third kappa shape index (κ3) is 5.40. The van der Waals surface area contributed by atoms with E-state index in [-0.39, 0.29) is 0 Å². The summed E-state index contributed by atoms with van der Waals surface area (Å²) in [4.78, 5) is 1.07. The van der Waals surface area contributed by atoms with Crippen molar-refractivity contribution in [1.29, 1.82) is 0 Å². The van der Waals surface area contributed by atoms with Crippen molar-refractivity contribution in [3.8, 4) is 11.8 Å². The van der Waals surface area contributed by atoms with E-state index in [0.717, 1.165) is 34.1 Å². The largest absolute Gasteiger partial charge is 0.381 e. The minimum Gasteiger partial charge on any atom is -0.381 e. The lowest BCUT2D eigenvalue weighted by molar-refractivity contribution is 0.152. The molecule has 3 heteroatoms. The Balaban J connectivity index is 2.19. The second-order valence-electron chi connectivity index (χ2n) is 4.34. The van der Waals surface area contributed by atoms with Gasteiger partial charge in [0.1, 0.15) is 0 Å². The van der Waals surface area contributed by atoms with Gasteiger partial charge in [-0.3, -0.25) is 0 Å². The zero-order valence-electron chi connectivity index (χ0n) is 11.9. The molecule has 2 aromatic rings. The molecule has 0 amide bonds. The molecule has 1 heterocycles. The first-order chi connectivity index (χ1) is 10.3. The second-order valence-corrected chi connectivity index (χ2v) is 5.72. The Bertz CT molecular complexity index is 630. The van der Waals surface area contributed by atoms with Crippen molar-refractivity contribution in [3.63, 3.8) is 0 Å². The fourth-order valence-corrected chi connectivity index (χ4v) is 2.48. The first-order valence-corrected chi connectivity index (χ1v) is 8.14. The van der Waals surface area contributed by atoms with E-state index in [0.29, 0.717) is 6.61 Å². The van der Waals surface area contributed by atoms with E-state index in [2.05, 4.69) is 17.9 Å². The van der Waals surface area contributed by atoms with Gasteiger partial charge >= 0.3 is 0 Å². The summed E-state index contributed by atoms with van der Waals surface area (Å²) in [6.45, 7) is 3.46. The highest BCUT2D eigenvalue weighted by atomic mass is 35.5. The molecule has 0 aliphatic rings. The van der Waals surface area contributed by atoms with Crippen LogP contribution in [0.25, 0.3) is 5.57 Å². The summed E-state index contributed by atoms with van der Waals surface area (Å²) in [5.74, 6) is 6.46.